The molecule has 4 heteroatoms. The monoisotopic (exact) mass is 324 g/mol. The Morgan fingerprint density at radius 1 is 0.958 bits per heavy atom. The highest BCUT2D eigenvalue weighted by Gasteiger charge is 2.13. The van der Waals surface area contributed by atoms with Crippen LogP contribution in [0.25, 0.3) is 0 Å². The first-order valence-electron chi connectivity index (χ1n) is 9.27. The lowest BCUT2D eigenvalue weighted by atomic mass is 10.1. The number of nitrogens with one attached hydrogen (secondary N) is 2. The summed E-state index contributed by atoms with van der Waals surface area (Å²) in [6.07, 6.45) is 11.8. The lowest BCUT2D eigenvalue weighted by molar-refractivity contribution is 0.615. The number of benzene rings is 1. The highest BCUT2D eigenvalue weighted by molar-refractivity contribution is 5.39. The first-order valence-corrected chi connectivity index (χ1v) is 9.27. The minimum atomic E-state index is 0.529. The lowest BCUT2D eigenvalue weighted by Crippen LogP contribution is -2.20. The van der Waals surface area contributed by atoms with E-state index in [1.54, 1.807) is 0 Å². The van der Waals surface area contributed by atoms with Gasteiger partial charge in [-0.1, -0.05) is 56.0 Å². The minimum Gasteiger partial charge on any atom is -0.370 e. The van der Waals surface area contributed by atoms with E-state index in [-0.39, 0.29) is 0 Å². The van der Waals surface area contributed by atoms with Gasteiger partial charge in [0, 0.05) is 18.8 Å². The second-order valence-electron chi connectivity index (χ2n) is 6.61. The third kappa shape index (κ3) is 5.52. The van der Waals surface area contributed by atoms with Crippen molar-refractivity contribution in [1.82, 2.24) is 9.97 Å². The van der Waals surface area contributed by atoms with Gasteiger partial charge < -0.3 is 10.6 Å². The molecule has 0 amide bonds. The van der Waals surface area contributed by atoms with E-state index in [1.807, 2.05) is 12.3 Å². The molecule has 4 nitrogen and oxygen atoms in total. The van der Waals surface area contributed by atoms with Gasteiger partial charge in [0.25, 0.3) is 0 Å². The Balaban J connectivity index is 1.44. The van der Waals surface area contributed by atoms with Crippen LogP contribution in [0.3, 0.4) is 0 Å². The molecule has 1 heterocycles. The smallest absolute Gasteiger partial charge is 0.224 e. The zero-order valence-electron chi connectivity index (χ0n) is 14.4. The number of aryl methyl sites for hydroxylation is 1. The van der Waals surface area contributed by atoms with Gasteiger partial charge in [0.15, 0.2) is 0 Å². The maximum absolute atomic E-state index is 4.61. The molecule has 1 aromatic carbocycles. The Kier molecular flexibility index (Phi) is 6.46. The summed E-state index contributed by atoms with van der Waals surface area (Å²) in [7, 11) is 0. The van der Waals surface area contributed by atoms with Gasteiger partial charge in [-0.3, -0.25) is 0 Å². The summed E-state index contributed by atoms with van der Waals surface area (Å²) >= 11 is 0. The molecule has 2 aromatic rings. The molecule has 0 saturated heterocycles. The van der Waals surface area contributed by atoms with Gasteiger partial charge >= 0.3 is 0 Å². The number of hydrogen-bond acceptors (Lipinski definition) is 4. The molecule has 2 N–H and O–H groups in total. The van der Waals surface area contributed by atoms with Crippen LogP contribution in [-0.4, -0.2) is 22.6 Å². The predicted octanol–water partition coefficient (Wildman–Crippen LogP) is 4.66. The van der Waals surface area contributed by atoms with E-state index in [0.29, 0.717) is 6.04 Å². The van der Waals surface area contributed by atoms with Crippen molar-refractivity contribution < 1.29 is 0 Å². The standard InChI is InChI=1S/C20H28N4/c1-2-7-13-18(12-6-1)23-20-22-16-14-19(24-20)21-15-8-11-17-9-4-3-5-10-17/h3-5,9-10,14,16,18H,1-2,6-8,11-13,15H2,(H2,21,22,23,24). The third-order valence-corrected chi connectivity index (χ3v) is 4.64. The fourth-order valence-corrected chi connectivity index (χ4v) is 3.29. The molecule has 1 aliphatic rings. The van der Waals surface area contributed by atoms with Crippen LogP contribution >= 0.6 is 0 Å². The molecule has 1 aromatic heterocycles. The third-order valence-electron chi connectivity index (χ3n) is 4.64. The van der Waals surface area contributed by atoms with Gasteiger partial charge in [-0.15, -0.1) is 0 Å². The Morgan fingerprint density at radius 3 is 2.54 bits per heavy atom. The number of aromatic nitrogens is 2. The molecular formula is C20H28N4. The Hall–Kier alpha value is -2.10. The van der Waals surface area contributed by atoms with Gasteiger partial charge in [0.2, 0.25) is 5.95 Å². The molecule has 0 spiro atoms. The molecule has 0 atom stereocenters. The zero-order valence-corrected chi connectivity index (χ0v) is 14.4. The first-order chi connectivity index (χ1) is 11.9. The van der Waals surface area contributed by atoms with Crippen molar-refractivity contribution >= 4 is 11.8 Å². The molecule has 0 bridgehead atoms. The molecule has 1 saturated carbocycles. The molecule has 1 aliphatic carbocycles. The van der Waals surface area contributed by atoms with Crippen molar-refractivity contribution in [2.24, 2.45) is 0 Å². The van der Waals surface area contributed by atoms with Crippen molar-refractivity contribution in [2.45, 2.75) is 57.4 Å². The molecule has 24 heavy (non-hydrogen) atoms. The van der Waals surface area contributed by atoms with E-state index in [9.17, 15) is 0 Å². The van der Waals surface area contributed by atoms with Crippen LogP contribution < -0.4 is 10.6 Å². The van der Waals surface area contributed by atoms with E-state index in [0.717, 1.165) is 31.2 Å². The largest absolute Gasteiger partial charge is 0.370 e. The van der Waals surface area contributed by atoms with Gasteiger partial charge in [-0.05, 0) is 37.3 Å². The minimum absolute atomic E-state index is 0.529. The second-order valence-corrected chi connectivity index (χ2v) is 6.61. The van der Waals surface area contributed by atoms with Gasteiger partial charge in [0.05, 0.1) is 0 Å². The van der Waals surface area contributed by atoms with Crippen LogP contribution in [0.5, 0.6) is 0 Å². The Morgan fingerprint density at radius 2 is 1.75 bits per heavy atom. The first kappa shape index (κ1) is 16.7. The van der Waals surface area contributed by atoms with Gasteiger partial charge in [-0.25, -0.2) is 4.98 Å². The zero-order chi connectivity index (χ0) is 16.5. The summed E-state index contributed by atoms with van der Waals surface area (Å²) in [6.45, 7) is 0.925. The summed E-state index contributed by atoms with van der Waals surface area (Å²) in [5.74, 6) is 1.67. The maximum atomic E-state index is 4.61. The summed E-state index contributed by atoms with van der Waals surface area (Å²) < 4.78 is 0. The fourth-order valence-electron chi connectivity index (χ4n) is 3.29. The highest BCUT2D eigenvalue weighted by atomic mass is 15.1. The van der Waals surface area contributed by atoms with Crippen molar-refractivity contribution in [2.75, 3.05) is 17.2 Å². The summed E-state index contributed by atoms with van der Waals surface area (Å²) in [5, 5.41) is 6.93. The van der Waals surface area contributed by atoms with Crippen LogP contribution in [0, 0.1) is 0 Å². The molecule has 1 fully saturated rings. The van der Waals surface area contributed by atoms with Gasteiger partial charge in [-0.2, -0.15) is 4.98 Å². The van der Waals surface area contributed by atoms with Crippen LogP contribution in [0.15, 0.2) is 42.6 Å². The molecular weight excluding hydrogens is 296 g/mol. The Bertz CT molecular complexity index is 592. The predicted molar refractivity (Wildman–Crippen MR) is 100 cm³/mol. The number of anilines is 2. The van der Waals surface area contributed by atoms with Crippen molar-refractivity contribution in [3.8, 4) is 0 Å². The van der Waals surface area contributed by atoms with Gasteiger partial charge in [0.1, 0.15) is 5.82 Å². The normalized spacial score (nSPS) is 15.7. The van der Waals surface area contributed by atoms with E-state index in [4.69, 9.17) is 0 Å². The SMILES string of the molecule is c1ccc(CCCNc2ccnc(NC3CCCCCC3)n2)cc1. The highest BCUT2D eigenvalue weighted by Crippen LogP contribution is 2.20. The van der Waals surface area contributed by atoms with Crippen LogP contribution in [-0.2, 0) is 6.42 Å². The Labute approximate surface area is 145 Å². The maximum Gasteiger partial charge on any atom is 0.224 e. The van der Waals surface area contributed by atoms with Crippen molar-refractivity contribution in [3.63, 3.8) is 0 Å². The van der Waals surface area contributed by atoms with Crippen molar-refractivity contribution in [3.05, 3.63) is 48.2 Å². The summed E-state index contributed by atoms with van der Waals surface area (Å²) in [6, 6.07) is 13.1. The topological polar surface area (TPSA) is 49.8 Å². The average Bonchev–Trinajstić information content (AvgIpc) is 2.89. The molecule has 0 unspecified atom stereocenters. The molecule has 0 aliphatic heterocycles. The van der Waals surface area contributed by atoms with E-state index >= 15 is 0 Å². The second kappa shape index (κ2) is 9.26. The van der Waals surface area contributed by atoms with Crippen LogP contribution in [0.1, 0.15) is 50.5 Å². The lowest BCUT2D eigenvalue weighted by Gasteiger charge is -2.16. The number of nitrogens with zero attached hydrogens (tertiary/aromatic N) is 2. The number of hydrogen-bond donors (Lipinski definition) is 2. The molecule has 0 radical (unpaired) electrons. The van der Waals surface area contributed by atoms with Crippen LogP contribution in [0.4, 0.5) is 11.8 Å². The number of rotatable bonds is 7. The van der Waals surface area contributed by atoms with Crippen molar-refractivity contribution in [1.29, 1.82) is 0 Å². The van der Waals surface area contributed by atoms with E-state index in [1.165, 1.54) is 44.1 Å². The summed E-state index contributed by atoms with van der Waals surface area (Å²) in [4.78, 5) is 8.99. The van der Waals surface area contributed by atoms with E-state index < -0.39 is 0 Å². The van der Waals surface area contributed by atoms with Crippen LogP contribution in [0.2, 0.25) is 0 Å². The quantitative estimate of drug-likeness (QED) is 0.574. The summed E-state index contributed by atoms with van der Waals surface area (Å²) in [5.41, 5.74) is 1.39. The average molecular weight is 324 g/mol. The fraction of sp³-hybridized carbons (Fsp3) is 0.500. The molecule has 3 rings (SSSR count). The molecule has 128 valence electrons. The van der Waals surface area contributed by atoms with E-state index in [2.05, 4.69) is 50.9 Å².